The first-order valence-electron chi connectivity index (χ1n) is 10.6. The highest BCUT2D eigenvalue weighted by Crippen LogP contribution is 2.23. The van der Waals surface area contributed by atoms with Gasteiger partial charge in [0.05, 0.1) is 18.6 Å². The second-order valence-electron chi connectivity index (χ2n) is 7.08. The van der Waals surface area contributed by atoms with Crippen LogP contribution in [0.5, 0.6) is 5.75 Å². The van der Waals surface area contributed by atoms with E-state index in [0.29, 0.717) is 69.1 Å². The number of fused-ring (bicyclic) bond motifs is 1. The van der Waals surface area contributed by atoms with E-state index in [0.717, 1.165) is 0 Å². The van der Waals surface area contributed by atoms with Gasteiger partial charge in [0.25, 0.3) is 11.5 Å². The van der Waals surface area contributed by atoms with Crippen molar-refractivity contribution in [3.05, 3.63) is 40.8 Å². The van der Waals surface area contributed by atoms with E-state index >= 15 is 0 Å². The number of carbonyl (C=O) groups excluding carboxylic acids is 2. The van der Waals surface area contributed by atoms with Gasteiger partial charge in [-0.25, -0.2) is 4.79 Å². The van der Waals surface area contributed by atoms with Crippen molar-refractivity contribution in [1.82, 2.24) is 14.4 Å². The minimum Gasteiger partial charge on any atom is -0.483 e. The molecule has 2 aromatic rings. The van der Waals surface area contributed by atoms with Gasteiger partial charge in [-0.15, -0.1) is 0 Å². The summed E-state index contributed by atoms with van der Waals surface area (Å²) in [6.45, 7) is 7.14. The first kappa shape index (κ1) is 22.6. The Morgan fingerprint density at radius 2 is 1.71 bits per heavy atom. The Balaban J connectivity index is 1.61. The minimum absolute atomic E-state index is 0.121. The Morgan fingerprint density at radius 1 is 0.968 bits per heavy atom. The van der Waals surface area contributed by atoms with Crippen molar-refractivity contribution >= 4 is 22.8 Å². The summed E-state index contributed by atoms with van der Waals surface area (Å²) in [6, 6.07) is 7.06. The summed E-state index contributed by atoms with van der Waals surface area (Å²) in [7, 11) is 0. The van der Waals surface area contributed by atoms with Crippen LogP contribution >= 0.6 is 0 Å². The van der Waals surface area contributed by atoms with E-state index < -0.39 is 0 Å². The summed E-state index contributed by atoms with van der Waals surface area (Å²) in [5.74, 6) is 0.329. The molecule has 9 nitrogen and oxygen atoms in total. The highest BCUT2D eigenvalue weighted by atomic mass is 16.6. The molecule has 0 saturated carbocycles. The SMILES string of the molecule is CCOCCn1ccc2c(OCC(=O)N3CCN(C(=O)OCC)CC3)cccc2c1=O. The molecule has 0 bridgehead atoms. The molecule has 1 aliphatic rings. The molecule has 0 spiro atoms. The van der Waals surface area contributed by atoms with Crippen LogP contribution in [-0.4, -0.2) is 79.0 Å². The third-order valence-electron chi connectivity index (χ3n) is 5.17. The van der Waals surface area contributed by atoms with Crippen LogP contribution in [0, 0.1) is 0 Å². The van der Waals surface area contributed by atoms with Crippen LogP contribution in [0.4, 0.5) is 4.79 Å². The summed E-state index contributed by atoms with van der Waals surface area (Å²) in [5.41, 5.74) is -0.121. The fraction of sp³-hybridized carbons (Fsp3) is 0.500. The maximum Gasteiger partial charge on any atom is 0.409 e. The van der Waals surface area contributed by atoms with Crippen LogP contribution in [0.2, 0.25) is 0 Å². The lowest BCUT2D eigenvalue weighted by Gasteiger charge is -2.34. The molecule has 1 aliphatic heterocycles. The number of hydrogen-bond acceptors (Lipinski definition) is 6. The molecular weight excluding hydrogens is 402 g/mol. The van der Waals surface area contributed by atoms with E-state index in [1.54, 1.807) is 45.7 Å². The zero-order valence-electron chi connectivity index (χ0n) is 18.0. The first-order chi connectivity index (χ1) is 15.0. The van der Waals surface area contributed by atoms with Crippen LogP contribution < -0.4 is 10.3 Å². The molecule has 0 radical (unpaired) electrons. The average Bonchev–Trinajstić information content (AvgIpc) is 2.79. The second kappa shape index (κ2) is 10.8. The zero-order chi connectivity index (χ0) is 22.2. The van der Waals surface area contributed by atoms with E-state index in [-0.39, 0.29) is 24.2 Å². The highest BCUT2D eigenvalue weighted by molar-refractivity contribution is 5.88. The van der Waals surface area contributed by atoms with E-state index in [1.807, 2.05) is 13.0 Å². The van der Waals surface area contributed by atoms with Gasteiger partial charge in [-0.2, -0.15) is 0 Å². The summed E-state index contributed by atoms with van der Waals surface area (Å²) in [4.78, 5) is 40.3. The molecular formula is C22H29N3O6. The van der Waals surface area contributed by atoms with Crippen LogP contribution in [0.25, 0.3) is 10.8 Å². The molecule has 168 valence electrons. The Hall–Kier alpha value is -3.07. The number of amides is 2. The van der Waals surface area contributed by atoms with Gasteiger partial charge in [0, 0.05) is 50.9 Å². The first-order valence-corrected chi connectivity index (χ1v) is 10.6. The minimum atomic E-state index is -0.353. The van der Waals surface area contributed by atoms with E-state index in [9.17, 15) is 14.4 Å². The van der Waals surface area contributed by atoms with Gasteiger partial charge >= 0.3 is 6.09 Å². The van der Waals surface area contributed by atoms with E-state index in [1.165, 1.54) is 0 Å². The largest absolute Gasteiger partial charge is 0.483 e. The van der Waals surface area contributed by atoms with Crippen molar-refractivity contribution in [2.75, 3.05) is 52.6 Å². The number of ether oxygens (including phenoxy) is 3. The molecule has 31 heavy (non-hydrogen) atoms. The maximum atomic E-state index is 12.7. The average molecular weight is 431 g/mol. The van der Waals surface area contributed by atoms with Crippen molar-refractivity contribution < 1.29 is 23.8 Å². The Labute approximate surface area is 181 Å². The van der Waals surface area contributed by atoms with Gasteiger partial charge in [-0.3, -0.25) is 9.59 Å². The number of benzene rings is 1. The molecule has 3 rings (SSSR count). The Morgan fingerprint density at radius 3 is 2.42 bits per heavy atom. The summed E-state index contributed by atoms with van der Waals surface area (Å²) in [5, 5.41) is 1.20. The van der Waals surface area contributed by atoms with Crippen LogP contribution in [0.1, 0.15) is 13.8 Å². The molecule has 1 saturated heterocycles. The Kier molecular flexibility index (Phi) is 7.88. The van der Waals surface area contributed by atoms with Crippen LogP contribution in [0.15, 0.2) is 35.3 Å². The van der Waals surface area contributed by atoms with E-state index in [2.05, 4.69) is 0 Å². The van der Waals surface area contributed by atoms with Crippen LogP contribution in [0.3, 0.4) is 0 Å². The number of nitrogens with zero attached hydrogens (tertiary/aromatic N) is 3. The van der Waals surface area contributed by atoms with Crippen molar-refractivity contribution in [1.29, 1.82) is 0 Å². The van der Waals surface area contributed by atoms with Gasteiger partial charge < -0.3 is 28.6 Å². The molecule has 1 aromatic heterocycles. The van der Waals surface area contributed by atoms with Gasteiger partial charge in [0.1, 0.15) is 5.75 Å². The molecule has 2 amide bonds. The number of aromatic nitrogens is 1. The Bertz CT molecular complexity index is 965. The normalized spacial score (nSPS) is 14.0. The fourth-order valence-electron chi connectivity index (χ4n) is 3.48. The summed E-state index contributed by atoms with van der Waals surface area (Å²) < 4.78 is 17.7. The van der Waals surface area contributed by atoms with Gasteiger partial charge in [-0.1, -0.05) is 6.07 Å². The molecule has 1 aromatic carbocycles. The number of piperazine rings is 1. The topological polar surface area (TPSA) is 90.3 Å². The summed E-state index contributed by atoms with van der Waals surface area (Å²) in [6.07, 6.45) is 1.36. The number of carbonyl (C=O) groups is 2. The smallest absolute Gasteiger partial charge is 0.409 e. The monoisotopic (exact) mass is 431 g/mol. The lowest BCUT2D eigenvalue weighted by Crippen LogP contribution is -2.51. The predicted molar refractivity (Wildman–Crippen MR) is 115 cm³/mol. The maximum absolute atomic E-state index is 12.7. The number of pyridine rings is 1. The lowest BCUT2D eigenvalue weighted by molar-refractivity contribution is -0.134. The number of hydrogen-bond donors (Lipinski definition) is 0. The molecule has 0 unspecified atom stereocenters. The van der Waals surface area contributed by atoms with E-state index in [4.69, 9.17) is 14.2 Å². The molecule has 0 N–H and O–H groups in total. The van der Waals surface area contributed by atoms with Gasteiger partial charge in [0.15, 0.2) is 6.61 Å². The highest BCUT2D eigenvalue weighted by Gasteiger charge is 2.25. The standard InChI is InChI=1S/C22H29N3O6/c1-3-29-15-14-24-9-8-17-18(21(24)27)6-5-7-19(17)31-16-20(26)23-10-12-25(13-11-23)22(28)30-4-2/h5-9H,3-4,10-16H2,1-2H3. The summed E-state index contributed by atoms with van der Waals surface area (Å²) >= 11 is 0. The van der Waals surface area contributed by atoms with Gasteiger partial charge in [-0.05, 0) is 32.0 Å². The lowest BCUT2D eigenvalue weighted by atomic mass is 10.1. The predicted octanol–water partition coefficient (Wildman–Crippen LogP) is 1.72. The number of rotatable bonds is 8. The van der Waals surface area contributed by atoms with Crippen molar-refractivity contribution in [3.63, 3.8) is 0 Å². The van der Waals surface area contributed by atoms with Gasteiger partial charge in [0.2, 0.25) is 0 Å². The van der Waals surface area contributed by atoms with Crippen molar-refractivity contribution in [2.24, 2.45) is 0 Å². The van der Waals surface area contributed by atoms with Crippen LogP contribution in [-0.2, 0) is 20.8 Å². The molecule has 0 aliphatic carbocycles. The molecule has 9 heteroatoms. The molecule has 2 heterocycles. The quantitative estimate of drug-likeness (QED) is 0.591. The second-order valence-corrected chi connectivity index (χ2v) is 7.08. The molecule has 1 fully saturated rings. The third kappa shape index (κ3) is 5.55. The van der Waals surface area contributed by atoms with Crippen molar-refractivity contribution in [3.8, 4) is 5.75 Å². The third-order valence-corrected chi connectivity index (χ3v) is 5.17. The molecule has 0 atom stereocenters. The van der Waals surface area contributed by atoms with Crippen molar-refractivity contribution in [2.45, 2.75) is 20.4 Å². The fourth-order valence-corrected chi connectivity index (χ4v) is 3.48. The zero-order valence-corrected chi connectivity index (χ0v) is 18.0.